The van der Waals surface area contributed by atoms with Crippen molar-refractivity contribution in [2.75, 3.05) is 26.2 Å². The number of carbonyl (C=O) groups is 1. The molecular weight excluding hydrogens is 312 g/mol. The molecule has 1 atom stereocenters. The van der Waals surface area contributed by atoms with Crippen LogP contribution in [-0.4, -0.2) is 42.8 Å². The molecule has 25 heavy (non-hydrogen) atoms. The molecule has 0 radical (unpaired) electrons. The zero-order valence-corrected chi connectivity index (χ0v) is 17.2. The lowest BCUT2D eigenvalue weighted by atomic mass is 9.95. The number of hydrogen-bond acceptors (Lipinski definition) is 3. The first kappa shape index (κ1) is 22.3. The first-order chi connectivity index (χ1) is 11.9. The van der Waals surface area contributed by atoms with Crippen LogP contribution >= 0.6 is 0 Å². The van der Waals surface area contributed by atoms with Gasteiger partial charge < -0.3 is 15.0 Å². The Morgan fingerprint density at radius 1 is 1.08 bits per heavy atom. The van der Waals surface area contributed by atoms with Crippen molar-refractivity contribution in [1.29, 1.82) is 0 Å². The average Bonchev–Trinajstić information content (AvgIpc) is 2.55. The normalized spacial score (nSPS) is 18.4. The van der Waals surface area contributed by atoms with Gasteiger partial charge in [-0.1, -0.05) is 45.4 Å². The van der Waals surface area contributed by atoms with Crippen molar-refractivity contribution in [3.8, 4) is 0 Å². The molecule has 0 aromatic rings. The Balaban J connectivity index is 2.04. The largest absolute Gasteiger partial charge is 0.444 e. The highest BCUT2D eigenvalue weighted by molar-refractivity contribution is 5.68. The smallest absolute Gasteiger partial charge is 0.410 e. The van der Waals surface area contributed by atoms with Gasteiger partial charge in [-0.15, -0.1) is 0 Å². The molecule has 1 N–H and O–H groups in total. The summed E-state index contributed by atoms with van der Waals surface area (Å²) >= 11 is 0. The van der Waals surface area contributed by atoms with E-state index in [2.05, 4.69) is 12.2 Å². The highest BCUT2D eigenvalue weighted by Crippen LogP contribution is 2.21. The fourth-order valence-corrected chi connectivity index (χ4v) is 3.43. The minimum absolute atomic E-state index is 0.145. The van der Waals surface area contributed by atoms with Crippen LogP contribution in [0.1, 0.15) is 91.9 Å². The Morgan fingerprint density at radius 2 is 1.76 bits per heavy atom. The van der Waals surface area contributed by atoms with E-state index >= 15 is 0 Å². The van der Waals surface area contributed by atoms with E-state index in [0.717, 1.165) is 39.0 Å². The fourth-order valence-electron chi connectivity index (χ4n) is 3.43. The molecule has 0 bridgehead atoms. The third-order valence-electron chi connectivity index (χ3n) is 4.86. The van der Waals surface area contributed by atoms with Crippen LogP contribution in [0.4, 0.5) is 4.79 Å². The molecule has 1 fully saturated rings. The molecule has 0 saturated carbocycles. The van der Waals surface area contributed by atoms with Gasteiger partial charge in [-0.2, -0.15) is 0 Å². The quantitative estimate of drug-likeness (QED) is 0.508. The summed E-state index contributed by atoms with van der Waals surface area (Å²) in [7, 11) is 0. The molecule has 1 heterocycles. The molecule has 0 aromatic heterocycles. The van der Waals surface area contributed by atoms with Crippen molar-refractivity contribution < 1.29 is 9.53 Å². The molecule has 0 aromatic carbocycles. The number of hydrogen-bond donors (Lipinski definition) is 1. The van der Waals surface area contributed by atoms with Crippen molar-refractivity contribution in [2.45, 2.75) is 97.5 Å². The number of likely N-dealkylation sites (tertiary alicyclic amines) is 1. The molecule has 0 aliphatic carbocycles. The number of ether oxygens (including phenoxy) is 1. The topological polar surface area (TPSA) is 41.6 Å². The minimum Gasteiger partial charge on any atom is -0.444 e. The average molecular weight is 355 g/mol. The van der Waals surface area contributed by atoms with Gasteiger partial charge >= 0.3 is 6.09 Å². The molecule has 1 saturated heterocycles. The van der Waals surface area contributed by atoms with Gasteiger partial charge in [0.05, 0.1) is 0 Å². The molecule has 1 rings (SSSR count). The molecular formula is C21H42N2O2. The highest BCUT2D eigenvalue weighted by atomic mass is 16.6. The fraction of sp³-hybridized carbons (Fsp3) is 0.952. The Bertz CT molecular complexity index is 352. The second-order valence-corrected chi connectivity index (χ2v) is 8.59. The Hall–Kier alpha value is -0.770. The second-order valence-electron chi connectivity index (χ2n) is 8.59. The Kier molecular flexibility index (Phi) is 11.2. The molecule has 1 aliphatic rings. The summed E-state index contributed by atoms with van der Waals surface area (Å²) in [6, 6.07) is 0. The predicted molar refractivity (Wildman–Crippen MR) is 106 cm³/mol. The number of nitrogens with one attached hydrogen (secondary N) is 1. The highest BCUT2D eigenvalue weighted by Gasteiger charge is 2.27. The van der Waals surface area contributed by atoms with E-state index in [0.29, 0.717) is 5.92 Å². The third-order valence-corrected chi connectivity index (χ3v) is 4.86. The molecule has 1 amide bonds. The van der Waals surface area contributed by atoms with Crippen LogP contribution in [0.2, 0.25) is 0 Å². The van der Waals surface area contributed by atoms with Gasteiger partial charge in [0.15, 0.2) is 0 Å². The lowest BCUT2D eigenvalue weighted by Crippen LogP contribution is -2.43. The van der Waals surface area contributed by atoms with Crippen LogP contribution in [0, 0.1) is 5.92 Å². The number of amides is 1. The van der Waals surface area contributed by atoms with Gasteiger partial charge in [-0.05, 0) is 65.5 Å². The van der Waals surface area contributed by atoms with E-state index in [4.69, 9.17) is 4.74 Å². The van der Waals surface area contributed by atoms with Crippen LogP contribution < -0.4 is 5.32 Å². The third kappa shape index (κ3) is 11.5. The zero-order valence-electron chi connectivity index (χ0n) is 17.2. The molecule has 4 nitrogen and oxygen atoms in total. The van der Waals surface area contributed by atoms with Crippen LogP contribution in [-0.2, 0) is 4.74 Å². The van der Waals surface area contributed by atoms with E-state index < -0.39 is 5.60 Å². The summed E-state index contributed by atoms with van der Waals surface area (Å²) in [6.07, 6.45) is 12.9. The molecule has 4 heteroatoms. The zero-order chi connectivity index (χ0) is 18.5. The SMILES string of the molecule is CCCCCCCCCNCCC1CCCN(C(=O)OC(C)(C)C)C1. The standard InChI is InChI=1S/C21H42N2O2/c1-5-6-7-8-9-10-11-15-22-16-14-19-13-12-17-23(18-19)20(24)25-21(2,3)4/h19,22H,5-18H2,1-4H3. The lowest BCUT2D eigenvalue weighted by Gasteiger charge is -2.34. The number of unbranched alkanes of at least 4 members (excludes halogenated alkanes) is 6. The monoisotopic (exact) mass is 354 g/mol. The summed E-state index contributed by atoms with van der Waals surface area (Å²) in [4.78, 5) is 14.1. The van der Waals surface area contributed by atoms with Crippen LogP contribution in [0.25, 0.3) is 0 Å². The van der Waals surface area contributed by atoms with Crippen molar-refractivity contribution >= 4 is 6.09 Å². The van der Waals surface area contributed by atoms with Crippen molar-refractivity contribution in [1.82, 2.24) is 10.2 Å². The summed E-state index contributed by atoms with van der Waals surface area (Å²) in [5.74, 6) is 0.614. The maximum atomic E-state index is 12.2. The number of piperidine rings is 1. The first-order valence-corrected chi connectivity index (χ1v) is 10.6. The predicted octanol–water partition coefficient (Wildman–Crippen LogP) is 5.36. The van der Waals surface area contributed by atoms with Gasteiger partial charge in [0.25, 0.3) is 0 Å². The summed E-state index contributed by atoms with van der Waals surface area (Å²) in [6.45, 7) is 12.0. The van der Waals surface area contributed by atoms with Crippen molar-refractivity contribution in [3.63, 3.8) is 0 Å². The van der Waals surface area contributed by atoms with E-state index in [1.54, 1.807) is 0 Å². The molecule has 148 valence electrons. The molecule has 1 aliphatic heterocycles. The maximum absolute atomic E-state index is 12.2. The summed E-state index contributed by atoms with van der Waals surface area (Å²) in [5, 5.41) is 3.58. The van der Waals surface area contributed by atoms with Crippen LogP contribution in [0.3, 0.4) is 0 Å². The van der Waals surface area contributed by atoms with Gasteiger partial charge in [-0.3, -0.25) is 0 Å². The van der Waals surface area contributed by atoms with E-state index in [1.165, 1.54) is 51.4 Å². The van der Waals surface area contributed by atoms with Crippen molar-refractivity contribution in [2.24, 2.45) is 5.92 Å². The van der Waals surface area contributed by atoms with E-state index in [9.17, 15) is 4.79 Å². The van der Waals surface area contributed by atoms with E-state index in [-0.39, 0.29) is 6.09 Å². The first-order valence-electron chi connectivity index (χ1n) is 10.6. The second kappa shape index (κ2) is 12.6. The number of nitrogens with zero attached hydrogens (tertiary/aromatic N) is 1. The lowest BCUT2D eigenvalue weighted by molar-refractivity contribution is 0.0162. The van der Waals surface area contributed by atoms with Crippen LogP contribution in [0.5, 0.6) is 0 Å². The van der Waals surface area contributed by atoms with Gasteiger partial charge in [0.1, 0.15) is 5.60 Å². The maximum Gasteiger partial charge on any atom is 0.410 e. The van der Waals surface area contributed by atoms with Gasteiger partial charge in [-0.25, -0.2) is 4.79 Å². The molecule has 0 spiro atoms. The Morgan fingerprint density at radius 3 is 2.44 bits per heavy atom. The van der Waals surface area contributed by atoms with Gasteiger partial charge in [0, 0.05) is 13.1 Å². The summed E-state index contributed by atoms with van der Waals surface area (Å²) < 4.78 is 5.50. The minimum atomic E-state index is -0.401. The Labute approximate surface area is 156 Å². The number of carbonyl (C=O) groups excluding carboxylic acids is 1. The van der Waals surface area contributed by atoms with Gasteiger partial charge in [0.2, 0.25) is 0 Å². The van der Waals surface area contributed by atoms with Crippen molar-refractivity contribution in [3.05, 3.63) is 0 Å². The number of rotatable bonds is 11. The molecule has 1 unspecified atom stereocenters. The summed E-state index contributed by atoms with van der Waals surface area (Å²) in [5.41, 5.74) is -0.401. The van der Waals surface area contributed by atoms with Crippen LogP contribution in [0.15, 0.2) is 0 Å². The van der Waals surface area contributed by atoms with E-state index in [1.807, 2.05) is 25.7 Å².